The highest BCUT2D eigenvalue weighted by Gasteiger charge is 2.46. The normalized spacial score (nSPS) is 26.8. The lowest BCUT2D eigenvalue weighted by Crippen LogP contribution is -2.58. The molecule has 0 aliphatic carbocycles. The van der Waals surface area contributed by atoms with Crippen molar-refractivity contribution in [3.8, 4) is 5.75 Å². The SMILES string of the molecule is CC.OCC1OC(Oc2ccsc2Cc2ccc3occc3c2)C(O)C(O)C1F. The van der Waals surface area contributed by atoms with Gasteiger partial charge < -0.3 is 29.2 Å². The van der Waals surface area contributed by atoms with Crippen LogP contribution in [-0.4, -0.2) is 52.7 Å². The largest absolute Gasteiger partial charge is 0.464 e. The van der Waals surface area contributed by atoms with E-state index >= 15 is 0 Å². The summed E-state index contributed by atoms with van der Waals surface area (Å²) in [6.45, 7) is 3.38. The van der Waals surface area contributed by atoms with Crippen molar-refractivity contribution in [2.75, 3.05) is 6.61 Å². The van der Waals surface area contributed by atoms with Crippen LogP contribution >= 0.6 is 11.3 Å². The van der Waals surface area contributed by atoms with E-state index in [0.29, 0.717) is 12.2 Å². The molecule has 1 saturated heterocycles. The molecule has 1 aromatic carbocycles. The van der Waals surface area contributed by atoms with Gasteiger partial charge >= 0.3 is 0 Å². The maximum Gasteiger partial charge on any atom is 0.229 e. The number of fused-ring (bicyclic) bond motifs is 1. The summed E-state index contributed by atoms with van der Waals surface area (Å²) >= 11 is 1.48. The van der Waals surface area contributed by atoms with Crippen LogP contribution < -0.4 is 4.74 Å². The maximum absolute atomic E-state index is 13.9. The molecule has 0 amide bonds. The van der Waals surface area contributed by atoms with Crippen LogP contribution in [0.2, 0.25) is 0 Å². The van der Waals surface area contributed by atoms with Crippen LogP contribution in [0.5, 0.6) is 5.75 Å². The smallest absolute Gasteiger partial charge is 0.229 e. The minimum Gasteiger partial charge on any atom is -0.464 e. The number of ether oxygens (including phenoxy) is 2. The summed E-state index contributed by atoms with van der Waals surface area (Å²) in [6.07, 6.45) is -5.42. The molecule has 0 spiro atoms. The van der Waals surface area contributed by atoms with E-state index in [9.17, 15) is 19.7 Å². The molecular formula is C21H25FO6S. The second kappa shape index (κ2) is 9.69. The van der Waals surface area contributed by atoms with Gasteiger partial charge in [-0.2, -0.15) is 0 Å². The van der Waals surface area contributed by atoms with E-state index in [2.05, 4.69) is 0 Å². The minimum absolute atomic E-state index is 0.484. The van der Waals surface area contributed by atoms with Crippen molar-refractivity contribution >= 4 is 22.3 Å². The summed E-state index contributed by atoms with van der Waals surface area (Å²) in [5.41, 5.74) is 1.86. The molecular weight excluding hydrogens is 399 g/mol. The summed E-state index contributed by atoms with van der Waals surface area (Å²) < 4.78 is 30.2. The van der Waals surface area contributed by atoms with Gasteiger partial charge in [-0.15, -0.1) is 11.3 Å². The zero-order chi connectivity index (χ0) is 21.0. The second-order valence-corrected chi connectivity index (χ2v) is 7.45. The highest BCUT2D eigenvalue weighted by Crippen LogP contribution is 2.32. The zero-order valence-electron chi connectivity index (χ0n) is 16.2. The Hall–Kier alpha value is -1.97. The van der Waals surface area contributed by atoms with E-state index in [4.69, 9.17) is 13.9 Å². The summed E-state index contributed by atoms with van der Waals surface area (Å²) in [5, 5.41) is 31.9. The Morgan fingerprint density at radius 2 is 1.93 bits per heavy atom. The van der Waals surface area contributed by atoms with Gasteiger partial charge in [-0.05, 0) is 35.2 Å². The molecule has 5 unspecified atom stereocenters. The molecule has 4 rings (SSSR count). The van der Waals surface area contributed by atoms with Gasteiger partial charge in [0.15, 0.2) is 6.17 Å². The molecule has 0 saturated carbocycles. The molecule has 0 bridgehead atoms. The average Bonchev–Trinajstić information content (AvgIpc) is 3.39. The summed E-state index contributed by atoms with van der Waals surface area (Å²) in [4.78, 5) is 0.894. The van der Waals surface area contributed by atoms with Crippen LogP contribution in [-0.2, 0) is 11.2 Å². The van der Waals surface area contributed by atoms with Gasteiger partial charge in [0.25, 0.3) is 0 Å². The topological polar surface area (TPSA) is 92.3 Å². The molecule has 1 aliphatic rings. The fourth-order valence-electron chi connectivity index (χ4n) is 3.14. The molecule has 1 aliphatic heterocycles. The first kappa shape index (κ1) is 21.7. The average molecular weight is 424 g/mol. The molecule has 158 valence electrons. The Labute approximate surface area is 172 Å². The van der Waals surface area contributed by atoms with E-state index in [0.717, 1.165) is 21.4 Å². The summed E-state index contributed by atoms with van der Waals surface area (Å²) in [5.74, 6) is 0.484. The molecule has 3 heterocycles. The molecule has 8 heteroatoms. The van der Waals surface area contributed by atoms with Gasteiger partial charge in [0, 0.05) is 11.8 Å². The van der Waals surface area contributed by atoms with Gasteiger partial charge in [0.1, 0.15) is 29.6 Å². The Morgan fingerprint density at radius 3 is 2.69 bits per heavy atom. The van der Waals surface area contributed by atoms with E-state index in [1.807, 2.05) is 43.5 Å². The van der Waals surface area contributed by atoms with Crippen molar-refractivity contribution in [1.29, 1.82) is 0 Å². The van der Waals surface area contributed by atoms with E-state index in [1.165, 1.54) is 11.3 Å². The highest BCUT2D eigenvalue weighted by molar-refractivity contribution is 7.10. The van der Waals surface area contributed by atoms with Crippen LogP contribution in [0.1, 0.15) is 24.3 Å². The lowest BCUT2D eigenvalue weighted by atomic mass is 10.0. The van der Waals surface area contributed by atoms with Crippen molar-refractivity contribution in [3.63, 3.8) is 0 Å². The quantitative estimate of drug-likeness (QED) is 0.582. The lowest BCUT2D eigenvalue weighted by Gasteiger charge is -2.38. The van der Waals surface area contributed by atoms with E-state index in [-0.39, 0.29) is 0 Å². The Balaban J connectivity index is 0.00000117. The maximum atomic E-state index is 13.9. The predicted octanol–water partition coefficient (Wildman–Crippen LogP) is 3.27. The first-order valence-electron chi connectivity index (χ1n) is 9.52. The van der Waals surface area contributed by atoms with Crippen LogP contribution in [0.3, 0.4) is 0 Å². The van der Waals surface area contributed by atoms with Crippen molar-refractivity contribution in [2.45, 2.75) is 51.0 Å². The molecule has 29 heavy (non-hydrogen) atoms. The Bertz CT molecular complexity index is 907. The number of benzene rings is 1. The zero-order valence-corrected chi connectivity index (χ0v) is 17.0. The van der Waals surface area contributed by atoms with Gasteiger partial charge in [-0.3, -0.25) is 0 Å². The number of thiophene rings is 1. The van der Waals surface area contributed by atoms with Gasteiger partial charge in [-0.25, -0.2) is 4.39 Å². The standard InChI is InChI=1S/C19H19FO6S.C2H6/c20-16-14(9-21)26-19(18(23)17(16)22)25-13-4-6-27-15(13)8-10-1-2-12-11(7-10)3-5-24-12;1-2/h1-7,14,16-19,21-23H,8-9H2;1-2H3. The Morgan fingerprint density at radius 1 is 1.14 bits per heavy atom. The minimum atomic E-state index is -1.88. The van der Waals surface area contributed by atoms with E-state index < -0.39 is 37.4 Å². The highest BCUT2D eigenvalue weighted by atomic mass is 32.1. The third kappa shape index (κ3) is 4.62. The van der Waals surface area contributed by atoms with Crippen molar-refractivity contribution in [3.05, 3.63) is 52.4 Å². The number of aliphatic hydroxyl groups is 3. The Kier molecular flexibility index (Phi) is 7.26. The van der Waals surface area contributed by atoms with Crippen LogP contribution in [0.25, 0.3) is 11.0 Å². The third-order valence-corrected chi connectivity index (χ3v) is 5.53. The first-order valence-corrected chi connectivity index (χ1v) is 10.4. The predicted molar refractivity (Wildman–Crippen MR) is 108 cm³/mol. The fourth-order valence-corrected chi connectivity index (χ4v) is 3.98. The van der Waals surface area contributed by atoms with Gasteiger partial charge in [0.05, 0.1) is 17.7 Å². The molecule has 3 N–H and O–H groups in total. The molecule has 2 aromatic heterocycles. The molecule has 5 atom stereocenters. The molecule has 1 fully saturated rings. The van der Waals surface area contributed by atoms with Crippen molar-refractivity contribution < 1.29 is 33.6 Å². The molecule has 6 nitrogen and oxygen atoms in total. The van der Waals surface area contributed by atoms with E-state index in [1.54, 1.807) is 12.3 Å². The number of halogens is 1. The molecule has 3 aromatic rings. The lowest BCUT2D eigenvalue weighted by molar-refractivity contribution is -0.265. The first-order chi connectivity index (χ1) is 14.1. The third-order valence-electron chi connectivity index (χ3n) is 4.63. The van der Waals surface area contributed by atoms with Crippen LogP contribution in [0, 0.1) is 0 Å². The number of rotatable bonds is 5. The molecule has 0 radical (unpaired) electrons. The number of alkyl halides is 1. The second-order valence-electron chi connectivity index (χ2n) is 6.45. The summed E-state index contributed by atoms with van der Waals surface area (Å²) in [6, 6.07) is 9.50. The number of furan rings is 1. The van der Waals surface area contributed by atoms with Crippen molar-refractivity contribution in [2.24, 2.45) is 0 Å². The van der Waals surface area contributed by atoms with Crippen LogP contribution in [0.4, 0.5) is 4.39 Å². The van der Waals surface area contributed by atoms with Gasteiger partial charge in [-0.1, -0.05) is 19.9 Å². The van der Waals surface area contributed by atoms with Crippen molar-refractivity contribution in [1.82, 2.24) is 0 Å². The monoisotopic (exact) mass is 424 g/mol. The number of hydrogen-bond acceptors (Lipinski definition) is 7. The number of aliphatic hydroxyl groups excluding tert-OH is 3. The van der Waals surface area contributed by atoms with Gasteiger partial charge in [0.2, 0.25) is 6.29 Å². The number of hydrogen-bond donors (Lipinski definition) is 3. The fraction of sp³-hybridized carbons (Fsp3) is 0.429. The van der Waals surface area contributed by atoms with Crippen LogP contribution in [0.15, 0.2) is 46.4 Å². The summed E-state index contributed by atoms with van der Waals surface area (Å²) in [7, 11) is 0.